The zero-order valence-corrected chi connectivity index (χ0v) is 12.9. The van der Waals surface area contributed by atoms with Crippen molar-refractivity contribution in [2.24, 2.45) is 0 Å². The molecule has 0 heterocycles. The fourth-order valence-corrected chi connectivity index (χ4v) is 3.27. The van der Waals surface area contributed by atoms with Crippen molar-refractivity contribution in [3.63, 3.8) is 0 Å². The number of hydrogen-bond donors (Lipinski definition) is 1. The summed E-state index contributed by atoms with van der Waals surface area (Å²) in [7, 11) is 0. The van der Waals surface area contributed by atoms with Crippen molar-refractivity contribution in [3.05, 3.63) is 34.3 Å². The van der Waals surface area contributed by atoms with Gasteiger partial charge in [-0.3, -0.25) is 0 Å². The molecule has 0 bridgehead atoms. The summed E-state index contributed by atoms with van der Waals surface area (Å²) in [5, 5.41) is 3.81. The minimum absolute atomic E-state index is 0.451. The van der Waals surface area contributed by atoms with Gasteiger partial charge in [0.05, 0.1) is 0 Å². The van der Waals surface area contributed by atoms with Crippen molar-refractivity contribution in [1.29, 1.82) is 0 Å². The largest absolute Gasteiger partial charge is 0.307 e. The first-order valence-electron chi connectivity index (χ1n) is 7.27. The molecule has 1 N–H and O–H groups in total. The van der Waals surface area contributed by atoms with Crippen LogP contribution in [0.5, 0.6) is 0 Å². The van der Waals surface area contributed by atoms with E-state index < -0.39 is 0 Å². The molecule has 1 aromatic carbocycles. The second kappa shape index (κ2) is 7.30. The van der Waals surface area contributed by atoms with Crippen molar-refractivity contribution in [2.45, 2.75) is 64.0 Å². The van der Waals surface area contributed by atoms with Gasteiger partial charge in [-0.05, 0) is 37.5 Å². The van der Waals surface area contributed by atoms with Crippen LogP contribution < -0.4 is 5.32 Å². The lowest BCUT2D eigenvalue weighted by Crippen LogP contribution is -2.32. The lowest BCUT2D eigenvalue weighted by Gasteiger charge is -2.25. The average Bonchev–Trinajstić information content (AvgIpc) is 2.32. The molecule has 1 fully saturated rings. The summed E-state index contributed by atoms with van der Waals surface area (Å²) in [4.78, 5) is 0. The summed E-state index contributed by atoms with van der Waals surface area (Å²) >= 11 is 3.55. The molecule has 1 aliphatic carbocycles. The molecule has 100 valence electrons. The molecule has 1 nitrogen and oxygen atoms in total. The molecule has 0 aliphatic heterocycles. The Morgan fingerprint density at radius 1 is 1.11 bits per heavy atom. The van der Waals surface area contributed by atoms with E-state index in [2.05, 4.69) is 52.4 Å². The molecule has 1 unspecified atom stereocenters. The second-order valence-corrected chi connectivity index (χ2v) is 6.40. The first-order chi connectivity index (χ1) is 8.75. The molecule has 0 saturated heterocycles. The lowest BCUT2D eigenvalue weighted by molar-refractivity contribution is 0.362. The van der Waals surface area contributed by atoms with Crippen molar-refractivity contribution in [3.8, 4) is 0 Å². The van der Waals surface area contributed by atoms with Crippen molar-refractivity contribution >= 4 is 15.9 Å². The lowest BCUT2D eigenvalue weighted by atomic mass is 9.95. The molecule has 0 aromatic heterocycles. The molecular weight excluding hydrogens is 286 g/mol. The highest BCUT2D eigenvalue weighted by atomic mass is 79.9. The molecule has 2 rings (SSSR count). The number of hydrogen-bond acceptors (Lipinski definition) is 1. The van der Waals surface area contributed by atoms with Gasteiger partial charge in [0, 0.05) is 16.6 Å². The van der Waals surface area contributed by atoms with Crippen LogP contribution in [0, 0.1) is 0 Å². The smallest absolute Gasteiger partial charge is 0.0294 e. The highest BCUT2D eigenvalue weighted by Gasteiger charge is 2.14. The summed E-state index contributed by atoms with van der Waals surface area (Å²) in [6, 6.07) is 9.81. The Labute approximate surface area is 119 Å². The predicted octanol–water partition coefficient (Wildman–Crippen LogP) is 5.21. The number of benzene rings is 1. The Morgan fingerprint density at radius 3 is 2.44 bits per heavy atom. The van der Waals surface area contributed by atoms with E-state index in [1.54, 1.807) is 0 Å². The van der Waals surface area contributed by atoms with Gasteiger partial charge in [-0.15, -0.1) is 0 Å². The van der Waals surface area contributed by atoms with E-state index in [0.717, 1.165) is 0 Å². The van der Waals surface area contributed by atoms with Gasteiger partial charge in [0.15, 0.2) is 0 Å². The first kappa shape index (κ1) is 14.1. The van der Waals surface area contributed by atoms with Crippen LogP contribution in [0.15, 0.2) is 28.7 Å². The zero-order chi connectivity index (χ0) is 12.8. The Kier molecular flexibility index (Phi) is 5.71. The summed E-state index contributed by atoms with van der Waals surface area (Å²) in [5.74, 6) is 0. The first-order valence-corrected chi connectivity index (χ1v) is 8.06. The normalized spacial score (nSPS) is 20.1. The minimum Gasteiger partial charge on any atom is -0.307 e. The molecule has 0 amide bonds. The van der Waals surface area contributed by atoms with E-state index >= 15 is 0 Å². The maximum atomic E-state index is 3.81. The maximum Gasteiger partial charge on any atom is 0.0294 e. The SMILES string of the molecule is CC(NC1CCCCCCC1)c1cccc(Br)c1. The number of halogens is 1. The van der Waals surface area contributed by atoms with Crippen LogP contribution >= 0.6 is 15.9 Å². The van der Waals surface area contributed by atoms with Gasteiger partial charge in [0.1, 0.15) is 0 Å². The van der Waals surface area contributed by atoms with E-state index in [0.29, 0.717) is 12.1 Å². The van der Waals surface area contributed by atoms with Gasteiger partial charge in [-0.2, -0.15) is 0 Å². The third kappa shape index (κ3) is 4.40. The molecular formula is C16H24BrN. The summed E-state index contributed by atoms with van der Waals surface area (Å²) in [6.45, 7) is 2.28. The van der Waals surface area contributed by atoms with Crippen LogP contribution in [0.4, 0.5) is 0 Å². The minimum atomic E-state index is 0.451. The topological polar surface area (TPSA) is 12.0 Å². The van der Waals surface area contributed by atoms with Gasteiger partial charge in [-0.25, -0.2) is 0 Å². The van der Waals surface area contributed by atoms with Crippen LogP contribution in [0.1, 0.15) is 63.5 Å². The van der Waals surface area contributed by atoms with Gasteiger partial charge < -0.3 is 5.32 Å². The fourth-order valence-electron chi connectivity index (χ4n) is 2.85. The molecule has 2 heteroatoms. The monoisotopic (exact) mass is 309 g/mol. The predicted molar refractivity (Wildman–Crippen MR) is 81.8 cm³/mol. The quantitative estimate of drug-likeness (QED) is 0.808. The maximum absolute atomic E-state index is 3.81. The summed E-state index contributed by atoms with van der Waals surface area (Å²) in [5.41, 5.74) is 1.38. The zero-order valence-electron chi connectivity index (χ0n) is 11.3. The van der Waals surface area contributed by atoms with Crippen LogP contribution in [-0.4, -0.2) is 6.04 Å². The second-order valence-electron chi connectivity index (χ2n) is 5.49. The molecule has 1 saturated carbocycles. The molecule has 1 aliphatic rings. The van der Waals surface area contributed by atoms with Crippen molar-refractivity contribution in [2.75, 3.05) is 0 Å². The number of rotatable bonds is 3. The Hall–Kier alpha value is -0.340. The molecule has 0 radical (unpaired) electrons. The van der Waals surface area contributed by atoms with E-state index in [4.69, 9.17) is 0 Å². The van der Waals surface area contributed by atoms with Gasteiger partial charge in [0.25, 0.3) is 0 Å². The number of nitrogens with one attached hydrogen (secondary N) is 1. The standard InChI is InChI=1S/C16H24BrN/c1-13(14-8-7-9-15(17)12-14)18-16-10-5-3-2-4-6-11-16/h7-9,12-13,16,18H,2-6,10-11H2,1H3. The Balaban J connectivity index is 1.90. The molecule has 0 spiro atoms. The Morgan fingerprint density at radius 2 is 1.78 bits per heavy atom. The fraction of sp³-hybridized carbons (Fsp3) is 0.625. The molecule has 1 aromatic rings. The van der Waals surface area contributed by atoms with E-state index in [1.807, 2.05) is 0 Å². The van der Waals surface area contributed by atoms with Crippen LogP contribution in [0.25, 0.3) is 0 Å². The third-order valence-corrected chi connectivity index (χ3v) is 4.43. The highest BCUT2D eigenvalue weighted by Crippen LogP contribution is 2.22. The molecule has 1 atom stereocenters. The van der Waals surface area contributed by atoms with E-state index in [9.17, 15) is 0 Å². The van der Waals surface area contributed by atoms with E-state index in [1.165, 1.54) is 55.0 Å². The Bertz CT molecular complexity index is 356. The average molecular weight is 310 g/mol. The van der Waals surface area contributed by atoms with Gasteiger partial charge >= 0.3 is 0 Å². The molecule has 18 heavy (non-hydrogen) atoms. The van der Waals surface area contributed by atoms with Gasteiger partial charge in [-0.1, -0.05) is 60.2 Å². The highest BCUT2D eigenvalue weighted by molar-refractivity contribution is 9.10. The van der Waals surface area contributed by atoms with Crippen molar-refractivity contribution < 1.29 is 0 Å². The van der Waals surface area contributed by atoms with Crippen LogP contribution in [0.2, 0.25) is 0 Å². The van der Waals surface area contributed by atoms with Gasteiger partial charge in [0.2, 0.25) is 0 Å². The van der Waals surface area contributed by atoms with Crippen molar-refractivity contribution in [1.82, 2.24) is 5.32 Å². The van der Waals surface area contributed by atoms with Crippen LogP contribution in [-0.2, 0) is 0 Å². The summed E-state index contributed by atoms with van der Waals surface area (Å²) < 4.78 is 1.17. The third-order valence-electron chi connectivity index (χ3n) is 3.94. The van der Waals surface area contributed by atoms with Crippen LogP contribution in [0.3, 0.4) is 0 Å². The van der Waals surface area contributed by atoms with E-state index in [-0.39, 0.29) is 0 Å². The summed E-state index contributed by atoms with van der Waals surface area (Å²) in [6.07, 6.45) is 9.75.